The van der Waals surface area contributed by atoms with Gasteiger partial charge in [0.2, 0.25) is 11.8 Å². The van der Waals surface area contributed by atoms with Crippen LogP contribution in [0.3, 0.4) is 0 Å². The van der Waals surface area contributed by atoms with Gasteiger partial charge in [0.1, 0.15) is 13.1 Å². The SMILES string of the molecule is CN(CC(=O)O)C(=O)CCCN1C(=O)CN(C)C1=O. The summed E-state index contributed by atoms with van der Waals surface area (Å²) in [5.41, 5.74) is 0. The first kappa shape index (κ1) is 14.9. The molecule has 1 fully saturated rings. The fraction of sp³-hybridized carbons (Fsp3) is 0.636. The third kappa shape index (κ3) is 3.94. The first-order valence-corrected chi connectivity index (χ1v) is 5.84. The van der Waals surface area contributed by atoms with Crippen LogP contribution in [0.15, 0.2) is 0 Å². The molecule has 106 valence electrons. The third-order valence-corrected chi connectivity index (χ3v) is 2.80. The maximum absolute atomic E-state index is 11.5. The van der Waals surface area contributed by atoms with Gasteiger partial charge in [0.05, 0.1) is 0 Å². The Kier molecular flexibility index (Phi) is 4.85. The summed E-state index contributed by atoms with van der Waals surface area (Å²) in [4.78, 5) is 48.4. The van der Waals surface area contributed by atoms with Gasteiger partial charge in [-0.1, -0.05) is 0 Å². The molecule has 1 N–H and O–H groups in total. The molecule has 0 atom stereocenters. The predicted octanol–water partition coefficient (Wildman–Crippen LogP) is -0.796. The summed E-state index contributed by atoms with van der Waals surface area (Å²) in [6.07, 6.45) is 0.429. The topological polar surface area (TPSA) is 98.2 Å². The zero-order valence-corrected chi connectivity index (χ0v) is 11.0. The molecule has 0 spiro atoms. The normalized spacial score (nSPS) is 15.1. The molecule has 0 aromatic carbocycles. The molecule has 0 radical (unpaired) electrons. The zero-order chi connectivity index (χ0) is 14.6. The average molecular weight is 271 g/mol. The van der Waals surface area contributed by atoms with Crippen molar-refractivity contribution >= 4 is 23.8 Å². The van der Waals surface area contributed by atoms with Gasteiger partial charge in [-0.3, -0.25) is 19.3 Å². The second-order valence-corrected chi connectivity index (χ2v) is 4.43. The summed E-state index contributed by atoms with van der Waals surface area (Å²) in [6, 6.07) is -0.365. The highest BCUT2D eigenvalue weighted by Crippen LogP contribution is 2.09. The molecule has 1 rings (SSSR count). The molecule has 0 saturated carbocycles. The van der Waals surface area contributed by atoms with Crippen LogP contribution in [-0.4, -0.2) is 77.4 Å². The second kappa shape index (κ2) is 6.17. The molecular weight excluding hydrogens is 254 g/mol. The quantitative estimate of drug-likeness (QED) is 0.638. The highest BCUT2D eigenvalue weighted by Gasteiger charge is 2.32. The van der Waals surface area contributed by atoms with Gasteiger partial charge in [-0.25, -0.2) is 4.79 Å². The molecule has 1 saturated heterocycles. The van der Waals surface area contributed by atoms with Gasteiger partial charge < -0.3 is 14.9 Å². The monoisotopic (exact) mass is 271 g/mol. The van der Waals surface area contributed by atoms with Gasteiger partial charge in [0.25, 0.3) is 0 Å². The van der Waals surface area contributed by atoms with Gasteiger partial charge in [0.15, 0.2) is 0 Å². The summed E-state index contributed by atoms with van der Waals surface area (Å²) in [5, 5.41) is 8.53. The molecule has 1 aliphatic heterocycles. The molecule has 1 heterocycles. The van der Waals surface area contributed by atoms with E-state index in [9.17, 15) is 19.2 Å². The number of carboxylic acids is 1. The summed E-state index contributed by atoms with van der Waals surface area (Å²) in [7, 11) is 2.93. The molecule has 19 heavy (non-hydrogen) atoms. The maximum atomic E-state index is 11.5. The number of urea groups is 1. The van der Waals surface area contributed by atoms with Crippen LogP contribution in [0.5, 0.6) is 0 Å². The fourth-order valence-electron chi connectivity index (χ4n) is 1.76. The van der Waals surface area contributed by atoms with Gasteiger partial charge in [-0.2, -0.15) is 0 Å². The molecule has 4 amide bonds. The Morgan fingerprint density at radius 2 is 2.00 bits per heavy atom. The smallest absolute Gasteiger partial charge is 0.326 e. The number of likely N-dealkylation sites (N-methyl/N-ethyl adjacent to an activating group) is 2. The molecule has 0 bridgehead atoms. The Balaban J connectivity index is 2.34. The van der Waals surface area contributed by atoms with Gasteiger partial charge in [0, 0.05) is 27.1 Å². The first-order chi connectivity index (χ1) is 8.82. The van der Waals surface area contributed by atoms with E-state index in [1.165, 1.54) is 19.0 Å². The fourth-order valence-corrected chi connectivity index (χ4v) is 1.76. The number of hydrogen-bond acceptors (Lipinski definition) is 4. The number of aliphatic carboxylic acids is 1. The number of carbonyl (C=O) groups excluding carboxylic acids is 3. The van der Waals surface area contributed by atoms with Crippen molar-refractivity contribution in [3.63, 3.8) is 0 Å². The average Bonchev–Trinajstić information content (AvgIpc) is 2.54. The number of imide groups is 1. The van der Waals surface area contributed by atoms with E-state index in [2.05, 4.69) is 0 Å². The largest absolute Gasteiger partial charge is 0.480 e. The lowest BCUT2D eigenvalue weighted by atomic mass is 10.2. The van der Waals surface area contributed by atoms with Gasteiger partial charge in [-0.05, 0) is 6.42 Å². The van der Waals surface area contributed by atoms with Gasteiger partial charge >= 0.3 is 12.0 Å². The molecule has 8 heteroatoms. The summed E-state index contributed by atoms with van der Waals surface area (Å²) in [5.74, 6) is -1.68. The van der Waals surface area contributed by atoms with Crippen LogP contribution in [0.2, 0.25) is 0 Å². The minimum absolute atomic E-state index is 0.0612. The molecule has 0 aromatic heterocycles. The predicted molar refractivity (Wildman–Crippen MR) is 64.2 cm³/mol. The second-order valence-electron chi connectivity index (χ2n) is 4.43. The van der Waals surface area contributed by atoms with Crippen LogP contribution < -0.4 is 0 Å². The minimum Gasteiger partial charge on any atom is -0.480 e. The molecule has 1 aliphatic rings. The number of hydrogen-bond donors (Lipinski definition) is 1. The first-order valence-electron chi connectivity index (χ1n) is 5.84. The van der Waals surface area contributed by atoms with E-state index >= 15 is 0 Å². The highest BCUT2D eigenvalue weighted by atomic mass is 16.4. The third-order valence-electron chi connectivity index (χ3n) is 2.80. The van der Waals surface area contributed by atoms with Gasteiger partial charge in [-0.15, -0.1) is 0 Å². The molecule has 0 aliphatic carbocycles. The number of carboxylic acid groups (broad SMARTS) is 1. The van der Waals surface area contributed by atoms with Crippen molar-refractivity contribution in [1.29, 1.82) is 0 Å². The van der Waals surface area contributed by atoms with E-state index < -0.39 is 5.97 Å². The molecule has 0 unspecified atom stereocenters. The van der Waals surface area contributed by atoms with Crippen LogP contribution in [0.4, 0.5) is 4.79 Å². The van der Waals surface area contributed by atoms with Crippen molar-refractivity contribution in [2.45, 2.75) is 12.8 Å². The summed E-state index contributed by atoms with van der Waals surface area (Å²) >= 11 is 0. The van der Waals surface area contributed by atoms with Crippen LogP contribution in [0.25, 0.3) is 0 Å². The lowest BCUT2D eigenvalue weighted by Gasteiger charge is -2.16. The van der Waals surface area contributed by atoms with Crippen LogP contribution in [0.1, 0.15) is 12.8 Å². The molecule has 8 nitrogen and oxygen atoms in total. The van der Waals surface area contributed by atoms with E-state index in [0.29, 0.717) is 6.42 Å². The standard InChI is InChI=1S/C11H17N3O5/c1-12(7-10(17)18)8(15)4-3-5-14-9(16)6-13(2)11(14)19/h3-7H2,1-2H3,(H,17,18). The summed E-state index contributed by atoms with van der Waals surface area (Å²) < 4.78 is 0. The molecule has 0 aromatic rings. The van der Waals surface area contributed by atoms with E-state index in [1.807, 2.05) is 0 Å². The Labute approximate surface area is 110 Å². The lowest BCUT2D eigenvalue weighted by molar-refractivity contribution is -0.143. The van der Waals surface area contributed by atoms with Crippen molar-refractivity contribution in [2.75, 3.05) is 33.7 Å². The Morgan fingerprint density at radius 1 is 1.37 bits per heavy atom. The van der Waals surface area contributed by atoms with Crippen molar-refractivity contribution < 1.29 is 24.3 Å². The number of rotatable bonds is 6. The van der Waals surface area contributed by atoms with Crippen LogP contribution >= 0.6 is 0 Å². The van der Waals surface area contributed by atoms with E-state index in [-0.39, 0.29) is 43.9 Å². The van der Waals surface area contributed by atoms with Crippen LogP contribution in [-0.2, 0) is 14.4 Å². The minimum atomic E-state index is -1.08. The van der Waals surface area contributed by atoms with E-state index in [4.69, 9.17) is 5.11 Å². The Hall–Kier alpha value is -2.12. The van der Waals surface area contributed by atoms with Crippen molar-refractivity contribution in [3.8, 4) is 0 Å². The number of amides is 4. The molecular formula is C11H17N3O5. The van der Waals surface area contributed by atoms with Crippen molar-refractivity contribution in [1.82, 2.24) is 14.7 Å². The number of carbonyl (C=O) groups is 4. The zero-order valence-electron chi connectivity index (χ0n) is 11.0. The number of nitrogens with zero attached hydrogens (tertiary/aromatic N) is 3. The maximum Gasteiger partial charge on any atom is 0.326 e. The van der Waals surface area contributed by atoms with Crippen molar-refractivity contribution in [2.24, 2.45) is 0 Å². The Morgan fingerprint density at radius 3 is 2.47 bits per heavy atom. The lowest BCUT2D eigenvalue weighted by Crippen LogP contribution is -2.35. The van der Waals surface area contributed by atoms with Crippen LogP contribution in [0, 0.1) is 0 Å². The van der Waals surface area contributed by atoms with Crippen molar-refractivity contribution in [3.05, 3.63) is 0 Å². The van der Waals surface area contributed by atoms with E-state index in [0.717, 1.165) is 9.80 Å². The highest BCUT2D eigenvalue weighted by molar-refractivity contribution is 6.01. The summed E-state index contributed by atoms with van der Waals surface area (Å²) in [6.45, 7) is -0.122. The van der Waals surface area contributed by atoms with E-state index in [1.54, 1.807) is 0 Å². The Bertz CT molecular complexity index is 409.